The minimum Gasteiger partial charge on any atom is -0.488 e. The van der Waals surface area contributed by atoms with Crippen molar-refractivity contribution in [3.8, 4) is 16.9 Å². The van der Waals surface area contributed by atoms with Gasteiger partial charge in [0.2, 0.25) is 0 Å². The van der Waals surface area contributed by atoms with E-state index in [1.165, 1.54) is 12.1 Å². The number of nitrogens with zero attached hydrogens (tertiary/aromatic N) is 1. The Kier molecular flexibility index (Phi) is 2.40. The first-order valence-corrected chi connectivity index (χ1v) is 5.45. The lowest BCUT2D eigenvalue weighted by molar-refractivity contribution is 0.321. The summed E-state index contributed by atoms with van der Waals surface area (Å²) in [6.45, 7) is 1.39. The summed E-state index contributed by atoms with van der Waals surface area (Å²) in [5.41, 5.74) is 1.65. The fraction of sp³-hybridized carbons (Fsp3) is 0.154. The minimum atomic E-state index is -0.251. The minimum absolute atomic E-state index is 0.251. The molecule has 0 bridgehead atoms. The number of rotatable bonds is 1. The summed E-state index contributed by atoms with van der Waals surface area (Å²) >= 11 is 0. The molecule has 0 fully saturated rings. The summed E-state index contributed by atoms with van der Waals surface area (Å²) in [5, 5.41) is 3.14. The average molecular weight is 230 g/mol. The van der Waals surface area contributed by atoms with Crippen LogP contribution in [-0.2, 0) is 0 Å². The van der Waals surface area contributed by atoms with E-state index in [0.717, 1.165) is 29.2 Å². The third kappa shape index (κ3) is 1.93. The van der Waals surface area contributed by atoms with E-state index >= 15 is 0 Å². The first-order valence-electron chi connectivity index (χ1n) is 5.45. The molecule has 0 saturated carbocycles. The zero-order chi connectivity index (χ0) is 11.7. The van der Waals surface area contributed by atoms with Crippen molar-refractivity contribution in [1.82, 2.24) is 4.98 Å². The molecule has 2 heterocycles. The fourth-order valence-corrected chi connectivity index (χ4v) is 1.84. The quantitative estimate of drug-likeness (QED) is 0.817. The number of benzene rings is 1. The van der Waals surface area contributed by atoms with E-state index in [9.17, 15) is 4.39 Å². The van der Waals surface area contributed by atoms with Gasteiger partial charge in [-0.1, -0.05) is 12.1 Å². The van der Waals surface area contributed by atoms with Gasteiger partial charge in [0.25, 0.3) is 0 Å². The predicted molar refractivity (Wildman–Crippen MR) is 63.6 cm³/mol. The van der Waals surface area contributed by atoms with E-state index in [0.29, 0.717) is 6.61 Å². The Hall–Kier alpha value is -2.10. The molecule has 0 radical (unpaired) electrons. The van der Waals surface area contributed by atoms with Crippen LogP contribution in [0.5, 0.6) is 5.75 Å². The standard InChI is InChI=1S/C13H11FN2O/c14-11-3-1-2-9(6-11)10-7-12-13(16-8-10)15-4-5-17-12/h1-3,6-8H,4-5H2,(H,15,16). The SMILES string of the molecule is Fc1cccc(-c2cnc3c(c2)OCCN3)c1. The highest BCUT2D eigenvalue weighted by Crippen LogP contribution is 2.30. The molecule has 3 rings (SSSR count). The normalized spacial score (nSPS) is 13.5. The van der Waals surface area contributed by atoms with Crippen LogP contribution < -0.4 is 10.1 Å². The molecule has 0 unspecified atom stereocenters. The maximum absolute atomic E-state index is 13.1. The number of ether oxygens (including phenoxy) is 1. The Bertz CT molecular complexity index is 557. The molecular weight excluding hydrogens is 219 g/mol. The van der Waals surface area contributed by atoms with E-state index < -0.39 is 0 Å². The first-order chi connectivity index (χ1) is 8.33. The number of hydrogen-bond donors (Lipinski definition) is 1. The Morgan fingerprint density at radius 3 is 3.06 bits per heavy atom. The number of halogens is 1. The van der Waals surface area contributed by atoms with Gasteiger partial charge in [0.1, 0.15) is 12.4 Å². The monoisotopic (exact) mass is 230 g/mol. The summed E-state index contributed by atoms with van der Waals surface area (Å²) in [6, 6.07) is 8.32. The molecule has 0 atom stereocenters. The number of pyridine rings is 1. The number of fused-ring (bicyclic) bond motifs is 1. The Balaban J connectivity index is 2.04. The summed E-state index contributed by atoms with van der Waals surface area (Å²) in [4.78, 5) is 4.27. The Morgan fingerprint density at radius 1 is 1.24 bits per heavy atom. The van der Waals surface area contributed by atoms with Crippen molar-refractivity contribution < 1.29 is 9.13 Å². The van der Waals surface area contributed by atoms with Gasteiger partial charge < -0.3 is 10.1 Å². The topological polar surface area (TPSA) is 34.1 Å². The van der Waals surface area contributed by atoms with Crippen LogP contribution in [0.25, 0.3) is 11.1 Å². The number of nitrogens with one attached hydrogen (secondary N) is 1. The van der Waals surface area contributed by atoms with E-state index in [1.54, 1.807) is 12.3 Å². The van der Waals surface area contributed by atoms with Gasteiger partial charge in [-0.15, -0.1) is 0 Å². The Labute approximate surface area is 98.3 Å². The molecule has 86 valence electrons. The third-order valence-electron chi connectivity index (χ3n) is 2.66. The second-order valence-electron chi connectivity index (χ2n) is 3.86. The molecule has 4 heteroatoms. The number of aromatic nitrogens is 1. The van der Waals surface area contributed by atoms with E-state index in [2.05, 4.69) is 10.3 Å². The van der Waals surface area contributed by atoms with Gasteiger partial charge >= 0.3 is 0 Å². The van der Waals surface area contributed by atoms with Crippen molar-refractivity contribution in [2.24, 2.45) is 0 Å². The van der Waals surface area contributed by atoms with Crippen molar-refractivity contribution in [2.45, 2.75) is 0 Å². The van der Waals surface area contributed by atoms with Gasteiger partial charge in [-0.3, -0.25) is 0 Å². The molecule has 17 heavy (non-hydrogen) atoms. The lowest BCUT2D eigenvalue weighted by atomic mass is 10.1. The summed E-state index contributed by atoms with van der Waals surface area (Å²) in [6.07, 6.45) is 1.72. The molecule has 1 aromatic carbocycles. The lowest BCUT2D eigenvalue weighted by Gasteiger charge is -2.18. The molecule has 1 N–H and O–H groups in total. The lowest BCUT2D eigenvalue weighted by Crippen LogP contribution is -2.18. The molecule has 0 aliphatic carbocycles. The van der Waals surface area contributed by atoms with E-state index in [1.807, 2.05) is 12.1 Å². The van der Waals surface area contributed by atoms with Crippen LogP contribution >= 0.6 is 0 Å². The van der Waals surface area contributed by atoms with Crippen LogP contribution in [0.15, 0.2) is 36.5 Å². The van der Waals surface area contributed by atoms with Crippen molar-refractivity contribution in [1.29, 1.82) is 0 Å². The van der Waals surface area contributed by atoms with Crippen LogP contribution in [0.4, 0.5) is 10.2 Å². The van der Waals surface area contributed by atoms with Crippen LogP contribution in [-0.4, -0.2) is 18.1 Å². The smallest absolute Gasteiger partial charge is 0.168 e. The van der Waals surface area contributed by atoms with Gasteiger partial charge in [0.15, 0.2) is 11.6 Å². The van der Waals surface area contributed by atoms with Gasteiger partial charge in [-0.2, -0.15) is 0 Å². The molecule has 3 nitrogen and oxygen atoms in total. The molecule has 1 aliphatic rings. The maximum atomic E-state index is 13.1. The zero-order valence-electron chi connectivity index (χ0n) is 9.11. The highest BCUT2D eigenvalue weighted by Gasteiger charge is 2.12. The van der Waals surface area contributed by atoms with Crippen LogP contribution in [0, 0.1) is 5.82 Å². The van der Waals surface area contributed by atoms with Crippen LogP contribution in [0.2, 0.25) is 0 Å². The van der Waals surface area contributed by atoms with Gasteiger partial charge in [-0.25, -0.2) is 9.37 Å². The number of hydrogen-bond acceptors (Lipinski definition) is 3. The van der Waals surface area contributed by atoms with Gasteiger partial charge in [-0.05, 0) is 23.8 Å². The second kappa shape index (κ2) is 4.05. The molecule has 0 amide bonds. The van der Waals surface area contributed by atoms with Crippen molar-refractivity contribution in [2.75, 3.05) is 18.5 Å². The van der Waals surface area contributed by atoms with Crippen molar-refractivity contribution in [3.05, 3.63) is 42.3 Å². The van der Waals surface area contributed by atoms with E-state index in [-0.39, 0.29) is 5.82 Å². The van der Waals surface area contributed by atoms with Crippen LogP contribution in [0.1, 0.15) is 0 Å². The van der Waals surface area contributed by atoms with Crippen molar-refractivity contribution >= 4 is 5.82 Å². The number of anilines is 1. The Morgan fingerprint density at radius 2 is 2.18 bits per heavy atom. The largest absolute Gasteiger partial charge is 0.488 e. The van der Waals surface area contributed by atoms with Gasteiger partial charge in [0.05, 0.1) is 6.54 Å². The zero-order valence-corrected chi connectivity index (χ0v) is 9.11. The molecule has 0 spiro atoms. The van der Waals surface area contributed by atoms with Gasteiger partial charge in [0, 0.05) is 11.8 Å². The average Bonchev–Trinajstić information content (AvgIpc) is 2.38. The highest BCUT2D eigenvalue weighted by atomic mass is 19.1. The van der Waals surface area contributed by atoms with E-state index in [4.69, 9.17) is 4.74 Å². The molecule has 1 aliphatic heterocycles. The van der Waals surface area contributed by atoms with Crippen molar-refractivity contribution in [3.63, 3.8) is 0 Å². The predicted octanol–water partition coefficient (Wildman–Crippen LogP) is 2.69. The second-order valence-corrected chi connectivity index (χ2v) is 3.86. The third-order valence-corrected chi connectivity index (χ3v) is 2.66. The summed E-state index contributed by atoms with van der Waals surface area (Å²) in [7, 11) is 0. The molecule has 2 aromatic rings. The highest BCUT2D eigenvalue weighted by molar-refractivity contribution is 5.68. The fourth-order valence-electron chi connectivity index (χ4n) is 1.84. The maximum Gasteiger partial charge on any atom is 0.168 e. The van der Waals surface area contributed by atoms with Crippen LogP contribution in [0.3, 0.4) is 0 Å². The molecular formula is C13H11FN2O. The molecule has 0 saturated heterocycles. The summed E-state index contributed by atoms with van der Waals surface area (Å²) < 4.78 is 18.6. The molecule has 1 aromatic heterocycles. The summed E-state index contributed by atoms with van der Waals surface area (Å²) in [5.74, 6) is 1.22. The first kappa shape index (κ1) is 10.1.